The smallest absolute Gasteiger partial charge is 0.348 e. The molecule has 0 saturated heterocycles. The SMILES string of the molecule is COC(=O)[C@H]1CN(C(=O)[C@@H]2CC=CCC2)c2ccccc2O1. The van der Waals surface area contributed by atoms with Crippen LogP contribution in [0.4, 0.5) is 5.69 Å². The lowest BCUT2D eigenvalue weighted by Crippen LogP contribution is -2.49. The van der Waals surface area contributed by atoms with Gasteiger partial charge in [0.1, 0.15) is 5.75 Å². The molecule has 1 amide bonds. The lowest BCUT2D eigenvalue weighted by atomic mass is 9.92. The van der Waals surface area contributed by atoms with E-state index in [1.807, 2.05) is 18.2 Å². The fourth-order valence-electron chi connectivity index (χ4n) is 2.94. The Balaban J connectivity index is 1.89. The molecule has 2 aliphatic rings. The maximum Gasteiger partial charge on any atom is 0.348 e. The Morgan fingerprint density at radius 1 is 1.27 bits per heavy atom. The third-order valence-electron chi connectivity index (χ3n) is 4.12. The monoisotopic (exact) mass is 301 g/mol. The van der Waals surface area contributed by atoms with Crippen LogP contribution in [0, 0.1) is 5.92 Å². The van der Waals surface area contributed by atoms with Crippen LogP contribution in [0.1, 0.15) is 19.3 Å². The van der Waals surface area contributed by atoms with Crippen molar-refractivity contribution in [3.63, 3.8) is 0 Å². The highest BCUT2D eigenvalue weighted by molar-refractivity contribution is 5.98. The number of para-hydroxylation sites is 2. The summed E-state index contributed by atoms with van der Waals surface area (Å²) < 4.78 is 10.4. The largest absolute Gasteiger partial charge is 0.475 e. The highest BCUT2D eigenvalue weighted by atomic mass is 16.6. The lowest BCUT2D eigenvalue weighted by molar-refractivity contribution is -0.148. The van der Waals surface area contributed by atoms with Gasteiger partial charge in [0.25, 0.3) is 0 Å². The summed E-state index contributed by atoms with van der Waals surface area (Å²) in [5, 5.41) is 0. The van der Waals surface area contributed by atoms with Gasteiger partial charge in [0.2, 0.25) is 12.0 Å². The molecule has 1 aliphatic carbocycles. The van der Waals surface area contributed by atoms with Gasteiger partial charge in [0.15, 0.2) is 0 Å². The standard InChI is InChI=1S/C17H19NO4/c1-21-17(20)15-11-18(13-9-5-6-10-14(13)22-15)16(19)12-7-3-2-4-8-12/h2-3,5-6,9-10,12,15H,4,7-8,11H2,1H3/t12-,15-/m1/s1. The summed E-state index contributed by atoms with van der Waals surface area (Å²) >= 11 is 0. The Morgan fingerprint density at radius 2 is 2.09 bits per heavy atom. The molecule has 1 heterocycles. The van der Waals surface area contributed by atoms with Crippen LogP contribution in [-0.4, -0.2) is 31.6 Å². The van der Waals surface area contributed by atoms with E-state index in [1.54, 1.807) is 11.0 Å². The van der Waals surface area contributed by atoms with Gasteiger partial charge in [0.05, 0.1) is 19.3 Å². The molecule has 3 rings (SSSR count). The van der Waals surface area contributed by atoms with Crippen molar-refractivity contribution in [2.45, 2.75) is 25.4 Å². The van der Waals surface area contributed by atoms with E-state index in [1.165, 1.54) is 7.11 Å². The van der Waals surface area contributed by atoms with E-state index in [0.29, 0.717) is 5.75 Å². The number of hydrogen-bond acceptors (Lipinski definition) is 4. The van der Waals surface area contributed by atoms with E-state index in [9.17, 15) is 9.59 Å². The molecule has 1 aliphatic heterocycles. The maximum atomic E-state index is 12.9. The van der Waals surface area contributed by atoms with Crippen molar-refractivity contribution in [1.82, 2.24) is 0 Å². The van der Waals surface area contributed by atoms with E-state index in [4.69, 9.17) is 9.47 Å². The highest BCUT2D eigenvalue weighted by Gasteiger charge is 2.36. The summed E-state index contributed by atoms with van der Waals surface area (Å²) in [6.45, 7) is 0.197. The molecular weight excluding hydrogens is 282 g/mol. The second-order valence-corrected chi connectivity index (χ2v) is 5.53. The first-order chi connectivity index (χ1) is 10.7. The molecule has 0 saturated carbocycles. The van der Waals surface area contributed by atoms with E-state index < -0.39 is 12.1 Å². The van der Waals surface area contributed by atoms with E-state index in [2.05, 4.69) is 12.2 Å². The van der Waals surface area contributed by atoms with Crippen LogP contribution in [-0.2, 0) is 14.3 Å². The predicted octanol–water partition coefficient (Wildman–Crippen LogP) is 2.31. The van der Waals surface area contributed by atoms with Crippen LogP contribution in [0.25, 0.3) is 0 Å². The lowest BCUT2D eigenvalue weighted by Gasteiger charge is -2.35. The van der Waals surface area contributed by atoms with E-state index in [-0.39, 0.29) is 18.4 Å². The van der Waals surface area contributed by atoms with Crippen molar-refractivity contribution in [1.29, 1.82) is 0 Å². The van der Waals surface area contributed by atoms with Gasteiger partial charge in [-0.15, -0.1) is 0 Å². The van der Waals surface area contributed by atoms with Gasteiger partial charge in [0, 0.05) is 5.92 Å². The quantitative estimate of drug-likeness (QED) is 0.621. The van der Waals surface area contributed by atoms with Crippen LogP contribution in [0.15, 0.2) is 36.4 Å². The first-order valence-electron chi connectivity index (χ1n) is 7.50. The van der Waals surface area contributed by atoms with Crippen LogP contribution < -0.4 is 9.64 Å². The summed E-state index contributed by atoms with van der Waals surface area (Å²) in [4.78, 5) is 26.4. The topological polar surface area (TPSA) is 55.8 Å². The maximum absolute atomic E-state index is 12.9. The van der Waals surface area contributed by atoms with Crippen LogP contribution in [0.3, 0.4) is 0 Å². The molecule has 0 bridgehead atoms. The highest BCUT2D eigenvalue weighted by Crippen LogP contribution is 2.35. The third kappa shape index (κ3) is 2.71. The molecule has 0 N–H and O–H groups in total. The zero-order valence-electron chi connectivity index (χ0n) is 12.5. The second kappa shape index (κ2) is 6.22. The fraction of sp³-hybridized carbons (Fsp3) is 0.412. The van der Waals surface area contributed by atoms with Gasteiger partial charge in [-0.2, -0.15) is 0 Å². The minimum absolute atomic E-state index is 0.0329. The molecule has 1 aromatic rings. The number of rotatable bonds is 2. The van der Waals surface area contributed by atoms with Crippen molar-refractivity contribution >= 4 is 17.6 Å². The number of carbonyl (C=O) groups excluding carboxylic acids is 2. The number of methoxy groups -OCH3 is 1. The van der Waals surface area contributed by atoms with Gasteiger partial charge in [-0.25, -0.2) is 4.79 Å². The molecule has 0 aromatic heterocycles. The number of anilines is 1. The van der Waals surface area contributed by atoms with Gasteiger partial charge in [-0.05, 0) is 31.4 Å². The average molecular weight is 301 g/mol. The number of ether oxygens (including phenoxy) is 2. The summed E-state index contributed by atoms with van der Waals surface area (Å²) in [5.41, 5.74) is 0.724. The van der Waals surface area contributed by atoms with Crippen molar-refractivity contribution in [2.24, 2.45) is 5.92 Å². The molecule has 22 heavy (non-hydrogen) atoms. The van der Waals surface area contributed by atoms with Gasteiger partial charge >= 0.3 is 5.97 Å². The van der Waals surface area contributed by atoms with Crippen molar-refractivity contribution in [3.05, 3.63) is 36.4 Å². The molecular formula is C17H19NO4. The van der Waals surface area contributed by atoms with Gasteiger partial charge < -0.3 is 14.4 Å². The summed E-state index contributed by atoms with van der Waals surface area (Å²) in [5.74, 6) is 0.100. The van der Waals surface area contributed by atoms with Gasteiger partial charge in [-0.1, -0.05) is 24.3 Å². The van der Waals surface area contributed by atoms with Crippen molar-refractivity contribution in [3.8, 4) is 5.75 Å². The normalized spacial score (nSPS) is 23.4. The number of carbonyl (C=O) groups is 2. The first-order valence-corrected chi connectivity index (χ1v) is 7.50. The molecule has 0 spiro atoms. The number of hydrogen-bond donors (Lipinski definition) is 0. The Hall–Kier alpha value is -2.30. The third-order valence-corrected chi connectivity index (χ3v) is 4.12. The zero-order chi connectivity index (χ0) is 15.5. The summed E-state index contributed by atoms with van der Waals surface area (Å²) in [6, 6.07) is 7.30. The number of fused-ring (bicyclic) bond motifs is 1. The molecule has 0 fully saturated rings. The molecule has 116 valence electrons. The fourth-order valence-corrected chi connectivity index (χ4v) is 2.94. The first kappa shape index (κ1) is 14.6. The number of allylic oxidation sites excluding steroid dienone is 2. The molecule has 2 atom stereocenters. The Labute approximate surface area is 129 Å². The predicted molar refractivity (Wildman–Crippen MR) is 81.7 cm³/mol. The number of esters is 1. The van der Waals surface area contributed by atoms with Crippen LogP contribution >= 0.6 is 0 Å². The Morgan fingerprint density at radius 3 is 2.82 bits per heavy atom. The molecule has 0 unspecified atom stereocenters. The number of benzene rings is 1. The van der Waals surface area contributed by atoms with Gasteiger partial charge in [-0.3, -0.25) is 4.79 Å². The molecule has 0 radical (unpaired) electrons. The van der Waals surface area contributed by atoms with E-state index >= 15 is 0 Å². The molecule has 5 nitrogen and oxygen atoms in total. The zero-order valence-corrected chi connectivity index (χ0v) is 12.5. The number of nitrogens with zero attached hydrogens (tertiary/aromatic N) is 1. The van der Waals surface area contributed by atoms with Crippen LogP contribution in [0.2, 0.25) is 0 Å². The Kier molecular flexibility index (Phi) is 4.13. The summed E-state index contributed by atoms with van der Waals surface area (Å²) in [6.07, 6.45) is 5.90. The Bertz CT molecular complexity index is 610. The number of amides is 1. The second-order valence-electron chi connectivity index (χ2n) is 5.53. The minimum atomic E-state index is -0.775. The van der Waals surface area contributed by atoms with Crippen molar-refractivity contribution < 1.29 is 19.1 Å². The minimum Gasteiger partial charge on any atom is -0.475 e. The molecule has 1 aromatic carbocycles. The summed E-state index contributed by atoms with van der Waals surface area (Å²) in [7, 11) is 1.32. The van der Waals surface area contributed by atoms with Crippen LogP contribution in [0.5, 0.6) is 5.75 Å². The average Bonchev–Trinajstić information content (AvgIpc) is 2.60. The van der Waals surface area contributed by atoms with E-state index in [0.717, 1.165) is 24.9 Å². The van der Waals surface area contributed by atoms with Crippen molar-refractivity contribution in [2.75, 3.05) is 18.6 Å². The molecule has 5 heteroatoms.